The minimum atomic E-state index is -0.330. The summed E-state index contributed by atoms with van der Waals surface area (Å²) in [5.74, 6) is -0.571. The zero-order chi connectivity index (χ0) is 19.8. The number of anilines is 1. The largest absolute Gasteiger partial charge is 0.289 e. The van der Waals surface area contributed by atoms with Crippen molar-refractivity contribution >= 4 is 54.1 Å². The molecular formula is C21H13FN4OS2. The van der Waals surface area contributed by atoms with E-state index in [-0.39, 0.29) is 11.7 Å². The van der Waals surface area contributed by atoms with Crippen molar-refractivity contribution in [1.29, 1.82) is 0 Å². The minimum Gasteiger partial charge on any atom is -0.277 e. The number of halogens is 1. The van der Waals surface area contributed by atoms with Gasteiger partial charge in [0.25, 0.3) is 5.91 Å². The highest BCUT2D eigenvalue weighted by atomic mass is 32.1. The number of hydrogen-bond acceptors (Lipinski definition) is 6. The monoisotopic (exact) mass is 420 g/mol. The number of benzene rings is 2. The number of amides is 1. The van der Waals surface area contributed by atoms with E-state index in [1.54, 1.807) is 23.4 Å². The van der Waals surface area contributed by atoms with Gasteiger partial charge in [0, 0.05) is 12.4 Å². The highest BCUT2D eigenvalue weighted by Crippen LogP contribution is 2.32. The Morgan fingerprint density at radius 3 is 2.66 bits per heavy atom. The number of hydrogen-bond donors (Lipinski definition) is 0. The van der Waals surface area contributed by atoms with E-state index in [2.05, 4.69) is 15.0 Å². The summed E-state index contributed by atoms with van der Waals surface area (Å²) in [5.41, 5.74) is 2.31. The van der Waals surface area contributed by atoms with Crippen molar-refractivity contribution in [1.82, 2.24) is 15.0 Å². The van der Waals surface area contributed by atoms with Gasteiger partial charge in [0.15, 0.2) is 10.1 Å². The lowest BCUT2D eigenvalue weighted by Gasteiger charge is -2.18. The molecule has 0 aliphatic heterocycles. The van der Waals surface area contributed by atoms with E-state index in [9.17, 15) is 9.18 Å². The molecule has 0 aliphatic rings. The van der Waals surface area contributed by atoms with Crippen LogP contribution in [0.2, 0.25) is 0 Å². The van der Waals surface area contributed by atoms with Crippen molar-refractivity contribution in [2.75, 3.05) is 4.90 Å². The summed E-state index contributed by atoms with van der Waals surface area (Å²) in [7, 11) is 0. The fraction of sp³-hybridized carbons (Fsp3) is 0.0476. The SMILES string of the molecule is O=C(c1nc2ccccc2s1)N(Cc1cccnc1)c1nc2ccc(F)cc2s1. The summed E-state index contributed by atoms with van der Waals surface area (Å²) in [6.07, 6.45) is 3.40. The molecule has 29 heavy (non-hydrogen) atoms. The summed E-state index contributed by atoms with van der Waals surface area (Å²) in [6, 6.07) is 15.8. The molecule has 8 heteroatoms. The number of nitrogens with zero attached hydrogens (tertiary/aromatic N) is 4. The average molecular weight is 420 g/mol. The summed E-state index contributed by atoms with van der Waals surface area (Å²) in [5, 5.41) is 0.888. The molecule has 0 bridgehead atoms. The minimum absolute atomic E-state index is 0.241. The molecule has 5 nitrogen and oxygen atoms in total. The second-order valence-electron chi connectivity index (χ2n) is 6.35. The first-order valence-corrected chi connectivity index (χ1v) is 10.4. The van der Waals surface area contributed by atoms with Gasteiger partial charge in [-0.2, -0.15) is 0 Å². The molecule has 5 rings (SSSR count). The molecular weight excluding hydrogens is 407 g/mol. The van der Waals surface area contributed by atoms with Gasteiger partial charge in [0.1, 0.15) is 5.82 Å². The molecule has 0 atom stereocenters. The van der Waals surface area contributed by atoms with E-state index < -0.39 is 0 Å². The van der Waals surface area contributed by atoms with E-state index in [1.165, 1.54) is 34.8 Å². The van der Waals surface area contributed by atoms with Gasteiger partial charge in [-0.15, -0.1) is 11.3 Å². The Balaban J connectivity index is 1.59. The quantitative estimate of drug-likeness (QED) is 0.397. The number of rotatable bonds is 4. The molecule has 1 amide bonds. The Kier molecular flexibility index (Phi) is 4.49. The van der Waals surface area contributed by atoms with Crippen LogP contribution in [-0.2, 0) is 6.54 Å². The molecule has 0 unspecified atom stereocenters. The predicted molar refractivity (Wildman–Crippen MR) is 114 cm³/mol. The lowest BCUT2D eigenvalue weighted by molar-refractivity contribution is 0.0985. The third-order valence-corrected chi connectivity index (χ3v) is 6.42. The average Bonchev–Trinajstić information content (AvgIpc) is 3.36. The van der Waals surface area contributed by atoms with Gasteiger partial charge in [-0.3, -0.25) is 14.7 Å². The second-order valence-corrected chi connectivity index (χ2v) is 8.39. The van der Waals surface area contributed by atoms with Crippen LogP contribution in [0.25, 0.3) is 20.4 Å². The van der Waals surface area contributed by atoms with Crippen molar-refractivity contribution in [2.24, 2.45) is 0 Å². The number of carbonyl (C=O) groups is 1. The van der Waals surface area contributed by atoms with Gasteiger partial charge in [0.2, 0.25) is 0 Å². The normalized spacial score (nSPS) is 11.2. The molecule has 0 radical (unpaired) electrons. The smallest absolute Gasteiger partial charge is 0.277 e. The first kappa shape index (κ1) is 17.8. The van der Waals surface area contributed by atoms with E-state index >= 15 is 0 Å². The van der Waals surface area contributed by atoms with Gasteiger partial charge in [-0.05, 0) is 42.0 Å². The number of carbonyl (C=O) groups excluding carboxylic acids is 1. The summed E-state index contributed by atoms with van der Waals surface area (Å²) in [4.78, 5) is 28.2. The maximum atomic E-state index is 13.6. The van der Waals surface area contributed by atoms with Gasteiger partial charge in [0.05, 0.1) is 27.0 Å². The van der Waals surface area contributed by atoms with Crippen LogP contribution in [-0.4, -0.2) is 20.9 Å². The Hall–Kier alpha value is -3.23. The van der Waals surface area contributed by atoms with Crippen molar-refractivity contribution < 1.29 is 9.18 Å². The van der Waals surface area contributed by atoms with Crippen LogP contribution in [0.1, 0.15) is 15.4 Å². The fourth-order valence-corrected chi connectivity index (χ4v) is 4.88. The summed E-state index contributed by atoms with van der Waals surface area (Å²) >= 11 is 2.63. The van der Waals surface area contributed by atoms with Crippen LogP contribution in [0.5, 0.6) is 0 Å². The maximum absolute atomic E-state index is 13.6. The topological polar surface area (TPSA) is 59.0 Å². The van der Waals surface area contributed by atoms with E-state index in [4.69, 9.17) is 0 Å². The lowest BCUT2D eigenvalue weighted by Crippen LogP contribution is -2.30. The van der Waals surface area contributed by atoms with E-state index in [1.807, 2.05) is 36.4 Å². The number of aromatic nitrogens is 3. The van der Waals surface area contributed by atoms with Gasteiger partial charge in [-0.25, -0.2) is 14.4 Å². The van der Waals surface area contributed by atoms with E-state index in [0.29, 0.717) is 26.9 Å². The van der Waals surface area contributed by atoms with Crippen LogP contribution < -0.4 is 4.90 Å². The van der Waals surface area contributed by atoms with Crippen molar-refractivity contribution in [2.45, 2.75) is 6.54 Å². The zero-order valence-corrected chi connectivity index (χ0v) is 16.6. The molecule has 0 aliphatic carbocycles. The number of pyridine rings is 1. The van der Waals surface area contributed by atoms with Crippen LogP contribution in [0.15, 0.2) is 67.0 Å². The highest BCUT2D eigenvalue weighted by Gasteiger charge is 2.25. The third-order valence-electron chi connectivity index (χ3n) is 4.36. The zero-order valence-electron chi connectivity index (χ0n) is 14.9. The number of para-hydroxylation sites is 1. The first-order valence-electron chi connectivity index (χ1n) is 8.80. The van der Waals surface area contributed by atoms with Crippen LogP contribution in [0.4, 0.5) is 9.52 Å². The van der Waals surface area contributed by atoms with Crippen molar-refractivity contribution in [3.8, 4) is 0 Å². The molecule has 5 aromatic rings. The van der Waals surface area contributed by atoms with Gasteiger partial charge in [-0.1, -0.05) is 29.5 Å². The molecule has 0 fully saturated rings. The lowest BCUT2D eigenvalue weighted by atomic mass is 10.2. The third kappa shape index (κ3) is 3.48. The highest BCUT2D eigenvalue weighted by molar-refractivity contribution is 7.22. The van der Waals surface area contributed by atoms with Gasteiger partial charge >= 0.3 is 0 Å². The first-order chi connectivity index (χ1) is 14.2. The van der Waals surface area contributed by atoms with Crippen molar-refractivity contribution in [3.63, 3.8) is 0 Å². The molecule has 142 valence electrons. The summed E-state index contributed by atoms with van der Waals surface area (Å²) in [6.45, 7) is 0.297. The van der Waals surface area contributed by atoms with Crippen LogP contribution in [0.3, 0.4) is 0 Å². The maximum Gasteiger partial charge on any atom is 0.289 e. The Morgan fingerprint density at radius 2 is 1.83 bits per heavy atom. The Labute approximate surface area is 173 Å². The Bertz CT molecular complexity index is 1300. The fourth-order valence-electron chi connectivity index (χ4n) is 2.98. The van der Waals surface area contributed by atoms with E-state index in [0.717, 1.165) is 15.8 Å². The van der Waals surface area contributed by atoms with Gasteiger partial charge < -0.3 is 0 Å². The second kappa shape index (κ2) is 7.31. The molecule has 3 aromatic heterocycles. The molecule has 0 spiro atoms. The number of fused-ring (bicyclic) bond motifs is 2. The summed E-state index contributed by atoms with van der Waals surface area (Å²) < 4.78 is 15.3. The molecule has 0 N–H and O–H groups in total. The van der Waals surface area contributed by atoms with Crippen molar-refractivity contribution in [3.05, 3.63) is 83.4 Å². The standard InChI is InChI=1S/C21H13FN4OS2/c22-14-7-8-16-18(10-14)29-21(25-16)26(12-13-4-3-9-23-11-13)20(27)19-24-15-5-1-2-6-17(15)28-19/h1-11H,12H2. The van der Waals surface area contributed by atoms with Crippen LogP contribution >= 0.6 is 22.7 Å². The predicted octanol–water partition coefficient (Wildman–Crippen LogP) is 5.29. The molecule has 0 saturated carbocycles. The molecule has 3 heterocycles. The van der Waals surface area contributed by atoms with Crippen LogP contribution in [0, 0.1) is 5.82 Å². The molecule has 2 aromatic carbocycles. The Morgan fingerprint density at radius 1 is 0.966 bits per heavy atom. The number of thiazole rings is 2. The molecule has 0 saturated heterocycles.